The first-order chi connectivity index (χ1) is 8.34. The Bertz CT molecular complexity index is 173. The lowest BCUT2D eigenvalue weighted by Crippen LogP contribution is -2.39. The first-order valence-electron chi connectivity index (χ1n) is 6.86. The molecule has 1 heterocycles. The van der Waals surface area contributed by atoms with E-state index >= 15 is 0 Å². The molecule has 1 atom stereocenters. The van der Waals surface area contributed by atoms with Crippen LogP contribution in [0.25, 0.3) is 0 Å². The number of hydrogen-bond donors (Lipinski definition) is 1. The predicted octanol–water partition coefficient (Wildman–Crippen LogP) is 1.11. The molecule has 0 spiro atoms. The summed E-state index contributed by atoms with van der Waals surface area (Å²) >= 11 is 0. The Morgan fingerprint density at radius 3 is 2.65 bits per heavy atom. The molecule has 0 bridgehead atoms. The van der Waals surface area contributed by atoms with E-state index in [2.05, 4.69) is 17.1 Å². The van der Waals surface area contributed by atoms with Crippen molar-refractivity contribution >= 4 is 0 Å². The van der Waals surface area contributed by atoms with Gasteiger partial charge in [-0.1, -0.05) is 0 Å². The molecule has 1 saturated heterocycles. The van der Waals surface area contributed by atoms with E-state index in [1.54, 1.807) is 7.11 Å². The topological polar surface area (TPSA) is 33.7 Å². The minimum atomic E-state index is 0.658. The van der Waals surface area contributed by atoms with Crippen LogP contribution >= 0.6 is 0 Å². The van der Waals surface area contributed by atoms with Crippen LogP contribution in [0.5, 0.6) is 0 Å². The third-order valence-corrected chi connectivity index (χ3v) is 3.26. The van der Waals surface area contributed by atoms with Gasteiger partial charge in [-0.15, -0.1) is 0 Å². The van der Waals surface area contributed by atoms with Gasteiger partial charge in [-0.3, -0.25) is 4.90 Å². The van der Waals surface area contributed by atoms with E-state index < -0.39 is 0 Å². The third kappa shape index (κ3) is 6.99. The van der Waals surface area contributed by atoms with Gasteiger partial charge in [0.05, 0.1) is 6.61 Å². The van der Waals surface area contributed by atoms with Crippen molar-refractivity contribution in [2.45, 2.75) is 32.2 Å². The Morgan fingerprint density at radius 2 is 1.94 bits per heavy atom. The summed E-state index contributed by atoms with van der Waals surface area (Å²) in [6.45, 7) is 9.27. The van der Waals surface area contributed by atoms with Gasteiger partial charge in [0.2, 0.25) is 0 Å². The summed E-state index contributed by atoms with van der Waals surface area (Å²) < 4.78 is 10.4. The zero-order valence-corrected chi connectivity index (χ0v) is 11.4. The van der Waals surface area contributed by atoms with Crippen LogP contribution in [0.1, 0.15) is 26.2 Å². The molecular formula is C13H28N2O2. The van der Waals surface area contributed by atoms with Gasteiger partial charge in [0.15, 0.2) is 0 Å². The molecule has 0 aromatic carbocycles. The van der Waals surface area contributed by atoms with Crippen molar-refractivity contribution < 1.29 is 9.47 Å². The summed E-state index contributed by atoms with van der Waals surface area (Å²) in [5, 5.41) is 3.46. The van der Waals surface area contributed by atoms with Crippen molar-refractivity contribution in [3.8, 4) is 0 Å². The molecule has 0 saturated carbocycles. The minimum absolute atomic E-state index is 0.658. The molecule has 1 aliphatic heterocycles. The fraction of sp³-hybridized carbons (Fsp3) is 1.00. The van der Waals surface area contributed by atoms with Gasteiger partial charge in [-0.25, -0.2) is 0 Å². The molecule has 1 aliphatic rings. The molecule has 1 N–H and O–H groups in total. The van der Waals surface area contributed by atoms with Crippen molar-refractivity contribution in [1.82, 2.24) is 10.2 Å². The number of ether oxygens (including phenoxy) is 2. The number of likely N-dealkylation sites (tertiary alicyclic amines) is 1. The number of hydrogen-bond acceptors (Lipinski definition) is 4. The highest BCUT2D eigenvalue weighted by Gasteiger charge is 2.16. The number of nitrogens with one attached hydrogen (secondary N) is 1. The summed E-state index contributed by atoms with van der Waals surface area (Å²) in [5.41, 5.74) is 0. The van der Waals surface area contributed by atoms with E-state index in [-0.39, 0.29) is 0 Å². The van der Waals surface area contributed by atoms with E-state index in [1.807, 2.05) is 0 Å². The average molecular weight is 244 g/mol. The molecule has 1 fully saturated rings. The average Bonchev–Trinajstić information content (AvgIpc) is 2.86. The van der Waals surface area contributed by atoms with Crippen LogP contribution in [0, 0.1) is 0 Å². The molecule has 1 unspecified atom stereocenters. The second-order valence-electron chi connectivity index (χ2n) is 4.75. The maximum absolute atomic E-state index is 5.49. The highest BCUT2D eigenvalue weighted by atomic mass is 16.5. The molecule has 0 radical (unpaired) electrons. The Hall–Kier alpha value is -0.160. The molecule has 4 nitrogen and oxygen atoms in total. The van der Waals surface area contributed by atoms with Gasteiger partial charge in [0.1, 0.15) is 0 Å². The highest BCUT2D eigenvalue weighted by molar-refractivity contribution is 4.74. The van der Waals surface area contributed by atoms with E-state index in [4.69, 9.17) is 9.47 Å². The normalized spacial score (nSPS) is 18.7. The van der Waals surface area contributed by atoms with Gasteiger partial charge in [-0.05, 0) is 39.3 Å². The number of rotatable bonds is 10. The summed E-state index contributed by atoms with van der Waals surface area (Å²) in [4.78, 5) is 2.56. The maximum Gasteiger partial charge on any atom is 0.0590 e. The lowest BCUT2D eigenvalue weighted by atomic mass is 10.3. The minimum Gasteiger partial charge on any atom is -0.385 e. The van der Waals surface area contributed by atoms with E-state index in [0.717, 1.165) is 39.3 Å². The summed E-state index contributed by atoms with van der Waals surface area (Å²) in [5.74, 6) is 0. The smallest absolute Gasteiger partial charge is 0.0590 e. The van der Waals surface area contributed by atoms with Crippen molar-refractivity contribution in [1.29, 1.82) is 0 Å². The molecule has 0 aromatic rings. The monoisotopic (exact) mass is 244 g/mol. The molecule has 1 rings (SSSR count). The Kier molecular flexibility index (Phi) is 8.61. The van der Waals surface area contributed by atoms with Crippen molar-refractivity contribution in [3.63, 3.8) is 0 Å². The SMILES string of the molecule is COCCCOCCNCC(C)N1CCCC1. The van der Waals surface area contributed by atoms with Crippen molar-refractivity contribution in [2.24, 2.45) is 0 Å². The lowest BCUT2D eigenvalue weighted by Gasteiger charge is -2.23. The number of nitrogens with zero attached hydrogens (tertiary/aromatic N) is 1. The zero-order chi connectivity index (χ0) is 12.3. The molecule has 0 aromatic heterocycles. The zero-order valence-electron chi connectivity index (χ0n) is 11.4. The molecule has 102 valence electrons. The molecule has 17 heavy (non-hydrogen) atoms. The summed E-state index contributed by atoms with van der Waals surface area (Å²) in [6.07, 6.45) is 3.72. The van der Waals surface area contributed by atoms with Gasteiger partial charge in [0.25, 0.3) is 0 Å². The fourth-order valence-corrected chi connectivity index (χ4v) is 2.17. The van der Waals surface area contributed by atoms with Crippen molar-refractivity contribution in [2.75, 3.05) is 53.1 Å². The van der Waals surface area contributed by atoms with Gasteiger partial charge < -0.3 is 14.8 Å². The largest absolute Gasteiger partial charge is 0.385 e. The van der Waals surface area contributed by atoms with E-state index in [0.29, 0.717) is 6.04 Å². The van der Waals surface area contributed by atoms with Crippen molar-refractivity contribution in [3.05, 3.63) is 0 Å². The quantitative estimate of drug-likeness (QED) is 0.584. The summed E-state index contributed by atoms with van der Waals surface area (Å²) in [6, 6.07) is 0.658. The van der Waals surface area contributed by atoms with Crippen LogP contribution in [0.3, 0.4) is 0 Å². The second-order valence-corrected chi connectivity index (χ2v) is 4.75. The van der Waals surface area contributed by atoms with E-state index in [9.17, 15) is 0 Å². The number of methoxy groups -OCH3 is 1. The van der Waals surface area contributed by atoms with Crippen LogP contribution in [-0.2, 0) is 9.47 Å². The Morgan fingerprint density at radius 1 is 1.18 bits per heavy atom. The van der Waals surface area contributed by atoms with E-state index in [1.165, 1.54) is 25.9 Å². The predicted molar refractivity (Wildman–Crippen MR) is 70.5 cm³/mol. The van der Waals surface area contributed by atoms with Crippen LogP contribution in [0.4, 0.5) is 0 Å². The third-order valence-electron chi connectivity index (χ3n) is 3.26. The first kappa shape index (κ1) is 14.9. The molecule has 4 heteroatoms. The standard InChI is InChI=1S/C13H28N2O2/c1-13(15-7-3-4-8-15)12-14-6-11-17-10-5-9-16-2/h13-14H,3-12H2,1-2H3. The molecule has 0 aliphatic carbocycles. The molecule has 0 amide bonds. The Balaban J connectivity index is 1.83. The fourth-order valence-electron chi connectivity index (χ4n) is 2.17. The molecular weight excluding hydrogens is 216 g/mol. The van der Waals surface area contributed by atoms with Gasteiger partial charge >= 0.3 is 0 Å². The lowest BCUT2D eigenvalue weighted by molar-refractivity contribution is 0.103. The second kappa shape index (κ2) is 9.83. The summed E-state index contributed by atoms with van der Waals surface area (Å²) in [7, 11) is 1.72. The highest BCUT2D eigenvalue weighted by Crippen LogP contribution is 2.10. The van der Waals surface area contributed by atoms with Crippen LogP contribution in [0.2, 0.25) is 0 Å². The van der Waals surface area contributed by atoms with Crippen LogP contribution in [-0.4, -0.2) is 64.1 Å². The maximum atomic E-state index is 5.49. The van der Waals surface area contributed by atoms with Gasteiger partial charge in [-0.2, -0.15) is 0 Å². The Labute approximate surface area is 106 Å². The van der Waals surface area contributed by atoms with Crippen LogP contribution < -0.4 is 5.32 Å². The van der Waals surface area contributed by atoms with Crippen LogP contribution in [0.15, 0.2) is 0 Å². The first-order valence-corrected chi connectivity index (χ1v) is 6.86. The van der Waals surface area contributed by atoms with Gasteiger partial charge in [0, 0.05) is 39.5 Å².